The lowest BCUT2D eigenvalue weighted by Crippen LogP contribution is -2.40. The van der Waals surface area contributed by atoms with Crippen LogP contribution < -0.4 is 10.2 Å². The van der Waals surface area contributed by atoms with Crippen LogP contribution in [-0.2, 0) is 4.79 Å². The topological polar surface area (TPSA) is 58.1 Å². The predicted molar refractivity (Wildman–Crippen MR) is 112 cm³/mol. The minimum atomic E-state index is -0.412. The Morgan fingerprint density at radius 1 is 1.25 bits per heavy atom. The molecule has 0 radical (unpaired) electrons. The second kappa shape index (κ2) is 7.64. The Labute approximate surface area is 171 Å². The molecule has 146 valence electrons. The zero-order chi connectivity index (χ0) is 19.8. The van der Waals surface area contributed by atoms with Crippen LogP contribution in [-0.4, -0.2) is 29.0 Å². The van der Waals surface area contributed by atoms with Crippen molar-refractivity contribution in [3.8, 4) is 0 Å². The maximum Gasteiger partial charge on any atom is 0.231 e. The lowest BCUT2D eigenvalue weighted by molar-refractivity contribution is -0.120. The lowest BCUT2D eigenvalue weighted by Gasteiger charge is -2.33. The van der Waals surface area contributed by atoms with Gasteiger partial charge in [0.2, 0.25) is 5.91 Å². The molecule has 1 saturated heterocycles. The number of thiazole rings is 1. The Kier molecular flexibility index (Phi) is 5.21. The molecule has 8 heteroatoms. The standard InChI is InChI=1S/C20H20ClFN4OS/c1-11-6-15(7-12(2)23-11)26-5-3-4-13(10-26)19(27)25-20-24-18-16(21)8-14(22)9-17(18)28-20/h6-9,13H,3-5,10H2,1-2H3,(H,24,25,27). The summed E-state index contributed by atoms with van der Waals surface area (Å²) < 4.78 is 14.1. The smallest absolute Gasteiger partial charge is 0.231 e. The number of hydrogen-bond acceptors (Lipinski definition) is 5. The highest BCUT2D eigenvalue weighted by Crippen LogP contribution is 2.32. The number of carbonyl (C=O) groups is 1. The fraction of sp³-hybridized carbons (Fsp3) is 0.350. The first kappa shape index (κ1) is 19.1. The van der Waals surface area contributed by atoms with Crippen LogP contribution in [0.1, 0.15) is 24.2 Å². The van der Waals surface area contributed by atoms with Gasteiger partial charge in [0, 0.05) is 30.2 Å². The molecule has 4 rings (SSSR count). The third-order valence-electron chi connectivity index (χ3n) is 4.87. The van der Waals surface area contributed by atoms with Gasteiger partial charge in [-0.25, -0.2) is 9.37 Å². The van der Waals surface area contributed by atoms with Gasteiger partial charge in [-0.2, -0.15) is 0 Å². The number of aryl methyl sites for hydroxylation is 2. The third-order valence-corrected chi connectivity index (χ3v) is 6.07. The van der Waals surface area contributed by atoms with Crippen LogP contribution >= 0.6 is 22.9 Å². The number of aromatic nitrogens is 2. The third kappa shape index (κ3) is 3.95. The van der Waals surface area contributed by atoms with E-state index in [1.807, 2.05) is 13.8 Å². The SMILES string of the molecule is Cc1cc(N2CCCC(C(=O)Nc3nc4c(Cl)cc(F)cc4s3)C2)cc(C)n1. The van der Waals surface area contributed by atoms with E-state index < -0.39 is 5.82 Å². The maximum absolute atomic E-state index is 13.5. The molecule has 0 spiro atoms. The molecule has 0 aliphatic carbocycles. The first-order valence-corrected chi connectivity index (χ1v) is 10.3. The largest absolute Gasteiger partial charge is 0.371 e. The van der Waals surface area contributed by atoms with Gasteiger partial charge in [-0.1, -0.05) is 22.9 Å². The number of piperidine rings is 1. The average molecular weight is 419 g/mol. The molecule has 1 aliphatic heterocycles. The molecule has 28 heavy (non-hydrogen) atoms. The van der Waals surface area contributed by atoms with E-state index in [1.165, 1.54) is 23.5 Å². The molecule has 1 atom stereocenters. The highest BCUT2D eigenvalue weighted by molar-refractivity contribution is 7.22. The molecule has 1 aromatic carbocycles. The molecule has 5 nitrogen and oxygen atoms in total. The van der Waals surface area contributed by atoms with E-state index >= 15 is 0 Å². The number of nitrogens with one attached hydrogen (secondary N) is 1. The summed E-state index contributed by atoms with van der Waals surface area (Å²) >= 11 is 7.28. The fourth-order valence-corrected chi connectivity index (χ4v) is 4.86. The summed E-state index contributed by atoms with van der Waals surface area (Å²) in [5.74, 6) is -0.616. The maximum atomic E-state index is 13.5. The number of hydrogen-bond donors (Lipinski definition) is 1. The van der Waals surface area contributed by atoms with Crippen LogP contribution in [0.25, 0.3) is 10.2 Å². The first-order chi connectivity index (χ1) is 13.4. The molecule has 1 fully saturated rings. The summed E-state index contributed by atoms with van der Waals surface area (Å²) in [6.45, 7) is 5.52. The number of anilines is 2. The van der Waals surface area contributed by atoms with Gasteiger partial charge in [0.05, 0.1) is 15.6 Å². The summed E-state index contributed by atoms with van der Waals surface area (Å²) in [6, 6.07) is 6.71. The Morgan fingerprint density at radius 3 is 2.75 bits per heavy atom. The molecule has 3 heterocycles. The van der Waals surface area contributed by atoms with E-state index in [4.69, 9.17) is 11.6 Å². The first-order valence-electron chi connectivity index (χ1n) is 9.16. The highest BCUT2D eigenvalue weighted by atomic mass is 35.5. The van der Waals surface area contributed by atoms with Crippen LogP contribution in [0.2, 0.25) is 5.02 Å². The summed E-state index contributed by atoms with van der Waals surface area (Å²) in [5, 5.41) is 3.58. The number of benzene rings is 1. The second-order valence-corrected chi connectivity index (χ2v) is 8.57. The predicted octanol–water partition coefficient (Wildman–Crippen LogP) is 4.96. The van der Waals surface area contributed by atoms with Crippen molar-refractivity contribution in [2.75, 3.05) is 23.3 Å². The quantitative estimate of drug-likeness (QED) is 0.653. The average Bonchev–Trinajstić information content (AvgIpc) is 3.03. The molecule has 0 bridgehead atoms. The molecule has 1 unspecified atom stereocenters. The van der Waals surface area contributed by atoms with Crippen LogP contribution in [0, 0.1) is 25.6 Å². The minimum absolute atomic E-state index is 0.0668. The Morgan fingerprint density at radius 2 is 2.00 bits per heavy atom. The number of amides is 1. The van der Waals surface area contributed by atoms with Gasteiger partial charge in [-0.3, -0.25) is 9.78 Å². The van der Waals surface area contributed by atoms with Gasteiger partial charge in [0.25, 0.3) is 0 Å². The molecule has 3 aromatic rings. The summed E-state index contributed by atoms with van der Waals surface area (Å²) in [4.78, 5) is 23.8. The van der Waals surface area contributed by atoms with Crippen molar-refractivity contribution in [2.24, 2.45) is 5.92 Å². The van der Waals surface area contributed by atoms with Crippen LogP contribution in [0.3, 0.4) is 0 Å². The second-order valence-electron chi connectivity index (χ2n) is 7.14. The highest BCUT2D eigenvalue weighted by Gasteiger charge is 2.27. The van der Waals surface area contributed by atoms with Crippen molar-refractivity contribution in [3.63, 3.8) is 0 Å². The van der Waals surface area contributed by atoms with Crippen molar-refractivity contribution >= 4 is 49.9 Å². The molecule has 1 amide bonds. The van der Waals surface area contributed by atoms with Crippen LogP contribution in [0.4, 0.5) is 15.2 Å². The van der Waals surface area contributed by atoms with E-state index in [1.54, 1.807) is 0 Å². The number of carbonyl (C=O) groups excluding carboxylic acids is 1. The number of fused-ring (bicyclic) bond motifs is 1. The Hall–Kier alpha value is -2.25. The number of halogens is 2. The molecular weight excluding hydrogens is 399 g/mol. The van der Waals surface area contributed by atoms with Gasteiger partial charge in [0.15, 0.2) is 5.13 Å². The lowest BCUT2D eigenvalue weighted by atomic mass is 9.96. The van der Waals surface area contributed by atoms with Crippen molar-refractivity contribution in [2.45, 2.75) is 26.7 Å². The van der Waals surface area contributed by atoms with Gasteiger partial charge in [-0.15, -0.1) is 0 Å². The zero-order valence-electron chi connectivity index (χ0n) is 15.6. The number of rotatable bonds is 3. The van der Waals surface area contributed by atoms with Crippen molar-refractivity contribution in [1.82, 2.24) is 9.97 Å². The Bertz CT molecular complexity index is 1030. The fourth-order valence-electron chi connectivity index (χ4n) is 3.64. The summed E-state index contributed by atoms with van der Waals surface area (Å²) in [7, 11) is 0. The molecule has 1 aliphatic rings. The number of pyridine rings is 1. The van der Waals surface area contributed by atoms with E-state index in [-0.39, 0.29) is 16.8 Å². The summed E-state index contributed by atoms with van der Waals surface area (Å²) in [5.41, 5.74) is 3.56. The number of nitrogens with zero attached hydrogens (tertiary/aromatic N) is 3. The monoisotopic (exact) mass is 418 g/mol. The zero-order valence-corrected chi connectivity index (χ0v) is 17.2. The molecule has 1 N–H and O–H groups in total. The van der Waals surface area contributed by atoms with E-state index in [0.29, 0.717) is 21.9 Å². The normalized spacial score (nSPS) is 17.1. The summed E-state index contributed by atoms with van der Waals surface area (Å²) in [6.07, 6.45) is 1.76. The van der Waals surface area contributed by atoms with E-state index in [0.717, 1.165) is 36.5 Å². The van der Waals surface area contributed by atoms with Gasteiger partial charge < -0.3 is 10.2 Å². The molecular formula is C20H20ClFN4OS. The van der Waals surface area contributed by atoms with Crippen molar-refractivity contribution in [1.29, 1.82) is 0 Å². The Balaban J connectivity index is 1.49. The van der Waals surface area contributed by atoms with Crippen LogP contribution in [0.15, 0.2) is 24.3 Å². The van der Waals surface area contributed by atoms with E-state index in [9.17, 15) is 9.18 Å². The van der Waals surface area contributed by atoms with Gasteiger partial charge >= 0.3 is 0 Å². The van der Waals surface area contributed by atoms with Crippen molar-refractivity contribution < 1.29 is 9.18 Å². The van der Waals surface area contributed by atoms with Gasteiger partial charge in [-0.05, 0) is 51.0 Å². The van der Waals surface area contributed by atoms with E-state index in [2.05, 4.69) is 32.3 Å². The van der Waals surface area contributed by atoms with Crippen molar-refractivity contribution in [3.05, 3.63) is 46.5 Å². The molecule has 2 aromatic heterocycles. The van der Waals surface area contributed by atoms with Crippen LogP contribution in [0.5, 0.6) is 0 Å². The minimum Gasteiger partial charge on any atom is -0.371 e. The van der Waals surface area contributed by atoms with Gasteiger partial charge in [0.1, 0.15) is 11.3 Å². The molecule has 0 saturated carbocycles.